The van der Waals surface area contributed by atoms with Crippen molar-refractivity contribution in [2.45, 2.75) is 43.0 Å². The maximum Gasteiger partial charge on any atom is 0.296 e. The van der Waals surface area contributed by atoms with Crippen molar-refractivity contribution in [1.82, 2.24) is 5.32 Å². The van der Waals surface area contributed by atoms with Gasteiger partial charge in [0.15, 0.2) is 0 Å². The zero-order valence-electron chi connectivity index (χ0n) is 23.6. The Kier molecular flexibility index (Phi) is 9.84. The number of carbonyl (C=O) groups excluding carboxylic acids is 1. The van der Waals surface area contributed by atoms with Crippen molar-refractivity contribution in [2.75, 3.05) is 13.2 Å². The summed E-state index contributed by atoms with van der Waals surface area (Å²) in [6.07, 6.45) is 0.156. The molecule has 9 nitrogen and oxygen atoms in total. The van der Waals surface area contributed by atoms with Gasteiger partial charge < -0.3 is 5.32 Å². The van der Waals surface area contributed by atoms with E-state index in [0.717, 1.165) is 16.7 Å². The molecule has 0 aliphatic heterocycles. The molecule has 42 heavy (non-hydrogen) atoms. The molecule has 1 fully saturated rings. The summed E-state index contributed by atoms with van der Waals surface area (Å²) in [6.45, 7) is 4.78. The Morgan fingerprint density at radius 2 is 1.31 bits per heavy atom. The maximum absolute atomic E-state index is 13.6. The lowest BCUT2D eigenvalue weighted by atomic mass is 9.87. The number of hydrogen-bond donors (Lipinski definition) is 1. The summed E-state index contributed by atoms with van der Waals surface area (Å²) in [4.78, 5) is 13.6. The Hall–Kier alpha value is -3.56. The molecule has 1 aliphatic carbocycles. The average Bonchev–Trinajstić information content (AvgIpc) is 3.34. The van der Waals surface area contributed by atoms with E-state index in [1.807, 2.05) is 51.1 Å². The fourth-order valence-electron chi connectivity index (χ4n) is 5.21. The van der Waals surface area contributed by atoms with Crippen molar-refractivity contribution in [3.05, 3.63) is 95.6 Å². The normalized spacial score (nSPS) is 21.4. The van der Waals surface area contributed by atoms with Gasteiger partial charge >= 0.3 is 0 Å². The van der Waals surface area contributed by atoms with Crippen molar-refractivity contribution >= 4 is 26.1 Å². The van der Waals surface area contributed by atoms with Crippen LogP contribution in [-0.2, 0) is 33.4 Å². The van der Waals surface area contributed by atoms with Gasteiger partial charge in [-0.05, 0) is 62.9 Å². The molecule has 11 heteroatoms. The largest absolute Gasteiger partial charge is 0.349 e. The molecule has 1 saturated carbocycles. The molecule has 3 aromatic rings. The van der Waals surface area contributed by atoms with E-state index in [4.69, 9.17) is 8.37 Å². The molecule has 4 rings (SSSR count). The van der Waals surface area contributed by atoms with Gasteiger partial charge in [0.25, 0.3) is 20.2 Å². The summed E-state index contributed by atoms with van der Waals surface area (Å²) in [5.41, 5.74) is 2.63. The highest BCUT2D eigenvalue weighted by Gasteiger charge is 2.48. The fraction of sp³-hybridized carbons (Fsp3) is 0.355. The Balaban J connectivity index is 1.55. The van der Waals surface area contributed by atoms with Crippen molar-refractivity contribution in [1.29, 1.82) is 5.26 Å². The second-order valence-electron chi connectivity index (χ2n) is 10.7. The van der Waals surface area contributed by atoms with Gasteiger partial charge in [0.05, 0.1) is 47.0 Å². The summed E-state index contributed by atoms with van der Waals surface area (Å²) in [7, 11) is -8.26. The maximum atomic E-state index is 13.6. The number of hydrogen-bond acceptors (Lipinski definition) is 8. The average molecular weight is 611 g/mol. The Morgan fingerprint density at radius 1 is 0.833 bits per heavy atom. The van der Waals surface area contributed by atoms with Gasteiger partial charge in [0.2, 0.25) is 5.91 Å². The number of benzene rings is 3. The summed E-state index contributed by atoms with van der Waals surface area (Å²) >= 11 is 0. The smallest absolute Gasteiger partial charge is 0.296 e. The van der Waals surface area contributed by atoms with Gasteiger partial charge in [-0.2, -0.15) is 22.1 Å². The van der Waals surface area contributed by atoms with Crippen LogP contribution in [0, 0.1) is 48.9 Å². The minimum absolute atomic E-state index is 0.0188. The number of amides is 1. The zero-order valence-corrected chi connectivity index (χ0v) is 25.3. The summed E-state index contributed by atoms with van der Waals surface area (Å²) < 4.78 is 62.3. The Bertz CT molecular complexity index is 1630. The Labute approximate surface area is 247 Å². The quantitative estimate of drug-likeness (QED) is 0.309. The third kappa shape index (κ3) is 7.44. The second kappa shape index (κ2) is 13.2. The molecule has 0 bridgehead atoms. The molecule has 1 amide bonds. The van der Waals surface area contributed by atoms with Crippen LogP contribution in [0.25, 0.3) is 0 Å². The highest BCUT2D eigenvalue weighted by molar-refractivity contribution is 7.87. The van der Waals surface area contributed by atoms with Gasteiger partial charge in [-0.25, -0.2) is 0 Å². The first-order valence-corrected chi connectivity index (χ1v) is 16.4. The number of nitriles is 1. The van der Waals surface area contributed by atoms with Crippen LogP contribution in [-0.4, -0.2) is 36.0 Å². The molecule has 3 aromatic carbocycles. The van der Waals surface area contributed by atoms with Crippen molar-refractivity contribution < 1.29 is 30.0 Å². The van der Waals surface area contributed by atoms with Crippen molar-refractivity contribution in [2.24, 2.45) is 23.7 Å². The molecule has 5 unspecified atom stereocenters. The molecule has 0 radical (unpaired) electrons. The van der Waals surface area contributed by atoms with E-state index in [1.54, 1.807) is 24.3 Å². The van der Waals surface area contributed by atoms with E-state index in [-0.39, 0.29) is 35.5 Å². The van der Waals surface area contributed by atoms with E-state index < -0.39 is 49.8 Å². The molecular weight excluding hydrogens is 576 g/mol. The van der Waals surface area contributed by atoms with Gasteiger partial charge in [-0.15, -0.1) is 0 Å². The van der Waals surface area contributed by atoms with E-state index >= 15 is 0 Å². The van der Waals surface area contributed by atoms with Crippen LogP contribution in [0.3, 0.4) is 0 Å². The first-order valence-electron chi connectivity index (χ1n) is 13.6. The summed E-state index contributed by atoms with van der Waals surface area (Å²) in [5, 5.41) is 13.1. The summed E-state index contributed by atoms with van der Waals surface area (Å²) in [5.74, 6) is -3.67. The third-order valence-electron chi connectivity index (χ3n) is 7.61. The zero-order chi connectivity index (χ0) is 30.5. The van der Waals surface area contributed by atoms with Crippen LogP contribution >= 0.6 is 0 Å². The summed E-state index contributed by atoms with van der Waals surface area (Å²) in [6, 6.07) is 23.4. The monoisotopic (exact) mass is 610 g/mol. The fourth-order valence-corrected chi connectivity index (χ4v) is 7.13. The van der Waals surface area contributed by atoms with Crippen molar-refractivity contribution in [3.63, 3.8) is 0 Å². The van der Waals surface area contributed by atoms with Crippen LogP contribution in [0.15, 0.2) is 88.7 Å². The number of rotatable bonds is 11. The van der Waals surface area contributed by atoms with Gasteiger partial charge in [0, 0.05) is 5.92 Å². The van der Waals surface area contributed by atoms with Crippen LogP contribution in [0.4, 0.5) is 0 Å². The topological polar surface area (TPSA) is 140 Å². The van der Waals surface area contributed by atoms with Crippen LogP contribution in [0.1, 0.15) is 36.1 Å². The third-order valence-corrected chi connectivity index (χ3v) is 10.2. The van der Waals surface area contributed by atoms with Crippen LogP contribution in [0.5, 0.6) is 0 Å². The molecule has 5 atom stereocenters. The van der Waals surface area contributed by atoms with Crippen LogP contribution < -0.4 is 5.32 Å². The molecular formula is C31H34N2O7S2. The lowest BCUT2D eigenvalue weighted by Crippen LogP contribution is -2.39. The SMILES string of the molecule is Cc1ccc(S(=O)(=O)OCC2CC(COS(=O)(=O)c3ccc(C)cc3)C(C(=O)NC(C)c3ccccc3)C2C#N)cc1. The first-order chi connectivity index (χ1) is 19.9. The molecule has 222 valence electrons. The molecule has 0 heterocycles. The minimum atomic E-state index is -4.14. The first kappa shape index (κ1) is 31.4. The van der Waals surface area contributed by atoms with Crippen LogP contribution in [0.2, 0.25) is 0 Å². The minimum Gasteiger partial charge on any atom is -0.349 e. The molecule has 1 N–H and O–H groups in total. The van der Waals surface area contributed by atoms with Gasteiger partial charge in [0.1, 0.15) is 0 Å². The molecule has 0 saturated heterocycles. The Morgan fingerprint density at radius 3 is 1.79 bits per heavy atom. The highest BCUT2D eigenvalue weighted by Crippen LogP contribution is 2.43. The number of nitrogens with one attached hydrogen (secondary N) is 1. The van der Waals surface area contributed by atoms with Gasteiger partial charge in [-0.3, -0.25) is 13.2 Å². The lowest BCUT2D eigenvalue weighted by Gasteiger charge is -2.24. The van der Waals surface area contributed by atoms with E-state index in [1.165, 1.54) is 24.3 Å². The van der Waals surface area contributed by atoms with E-state index in [0.29, 0.717) is 0 Å². The van der Waals surface area contributed by atoms with E-state index in [2.05, 4.69) is 11.4 Å². The number of nitrogens with zero attached hydrogens (tertiary/aromatic N) is 1. The number of carbonyl (C=O) groups is 1. The standard InChI is InChI=1S/C31H34N2O7S2/c1-21-9-13-27(14-10-21)41(35,36)39-19-25-17-26(20-40-42(37,38)28-15-11-22(2)12-16-28)30(29(25)18-32)31(34)33-23(3)24-7-5-4-6-8-24/h4-16,23,25-26,29-30H,17,19-20H2,1-3H3,(H,33,34). The van der Waals surface area contributed by atoms with Gasteiger partial charge in [-0.1, -0.05) is 65.7 Å². The lowest BCUT2D eigenvalue weighted by molar-refractivity contribution is -0.128. The predicted octanol–water partition coefficient (Wildman–Crippen LogP) is 4.68. The molecule has 0 spiro atoms. The van der Waals surface area contributed by atoms with E-state index in [9.17, 15) is 26.9 Å². The molecule has 0 aromatic heterocycles. The van der Waals surface area contributed by atoms with Crippen molar-refractivity contribution in [3.8, 4) is 6.07 Å². The second-order valence-corrected chi connectivity index (χ2v) is 13.9. The number of aryl methyl sites for hydroxylation is 2. The molecule has 1 aliphatic rings. The highest BCUT2D eigenvalue weighted by atomic mass is 32.2. The predicted molar refractivity (Wildman–Crippen MR) is 156 cm³/mol.